The van der Waals surface area contributed by atoms with Crippen molar-refractivity contribution in [2.75, 3.05) is 11.9 Å². The Morgan fingerprint density at radius 2 is 1.97 bits per heavy atom. The van der Waals surface area contributed by atoms with E-state index in [0.717, 1.165) is 29.4 Å². The van der Waals surface area contributed by atoms with Gasteiger partial charge in [0.25, 0.3) is 0 Å². The van der Waals surface area contributed by atoms with Gasteiger partial charge in [-0.05, 0) is 69.2 Å². The maximum Gasteiger partial charge on any atom is 0.196 e. The molecule has 0 bridgehead atoms. The highest BCUT2D eigenvalue weighted by Crippen LogP contribution is 2.17. The average molecular weight is 552 g/mol. The molecule has 0 saturated carbocycles. The number of benzene rings is 2. The second kappa shape index (κ2) is 13.0. The second-order valence-electron chi connectivity index (χ2n) is 7.32. The molecule has 0 unspecified atom stereocenters. The third-order valence-electron chi connectivity index (χ3n) is 4.50. The zero-order valence-corrected chi connectivity index (χ0v) is 20.9. The SMILES string of the molecule is CCn1cnnc1CN=C(NCCc1cccc(F)c1)Nc1ccc(OC(C)C)cc1.I. The first-order valence-electron chi connectivity index (χ1n) is 10.5. The fraction of sp³-hybridized carbons (Fsp3) is 0.348. The molecule has 3 aromatic rings. The van der Waals surface area contributed by atoms with E-state index in [4.69, 9.17) is 4.74 Å². The predicted octanol–water partition coefficient (Wildman–Crippen LogP) is 4.64. The molecular weight excluding hydrogens is 522 g/mol. The molecule has 2 N–H and O–H groups in total. The van der Waals surface area contributed by atoms with E-state index in [0.29, 0.717) is 25.5 Å². The van der Waals surface area contributed by atoms with Crippen LogP contribution in [0.15, 0.2) is 59.9 Å². The first kappa shape index (κ1) is 25.6. The van der Waals surface area contributed by atoms with Gasteiger partial charge in [-0.15, -0.1) is 34.2 Å². The maximum atomic E-state index is 13.4. The van der Waals surface area contributed by atoms with Gasteiger partial charge in [-0.3, -0.25) is 0 Å². The molecule has 1 aromatic heterocycles. The van der Waals surface area contributed by atoms with Gasteiger partial charge in [-0.1, -0.05) is 12.1 Å². The molecule has 3 rings (SSSR count). The van der Waals surface area contributed by atoms with E-state index in [1.807, 2.05) is 55.7 Å². The lowest BCUT2D eigenvalue weighted by atomic mass is 10.1. The largest absolute Gasteiger partial charge is 0.491 e. The van der Waals surface area contributed by atoms with E-state index in [1.165, 1.54) is 6.07 Å². The molecule has 7 nitrogen and oxygen atoms in total. The van der Waals surface area contributed by atoms with Crippen LogP contribution >= 0.6 is 24.0 Å². The second-order valence-corrected chi connectivity index (χ2v) is 7.32. The van der Waals surface area contributed by atoms with Crippen molar-refractivity contribution in [1.82, 2.24) is 20.1 Å². The number of nitrogens with one attached hydrogen (secondary N) is 2. The van der Waals surface area contributed by atoms with Gasteiger partial charge in [0.15, 0.2) is 11.8 Å². The summed E-state index contributed by atoms with van der Waals surface area (Å²) in [6.07, 6.45) is 2.49. The van der Waals surface area contributed by atoms with Crippen LogP contribution in [0.2, 0.25) is 0 Å². The van der Waals surface area contributed by atoms with Gasteiger partial charge >= 0.3 is 0 Å². The minimum absolute atomic E-state index is 0. The highest BCUT2D eigenvalue weighted by Gasteiger charge is 2.06. The molecule has 172 valence electrons. The van der Waals surface area contributed by atoms with Gasteiger partial charge in [0.2, 0.25) is 0 Å². The first-order valence-corrected chi connectivity index (χ1v) is 10.5. The normalized spacial score (nSPS) is 11.2. The first-order chi connectivity index (χ1) is 15.0. The minimum Gasteiger partial charge on any atom is -0.491 e. The molecule has 1 heterocycles. The van der Waals surface area contributed by atoms with Crippen LogP contribution in [0, 0.1) is 5.82 Å². The number of hydrogen-bond acceptors (Lipinski definition) is 4. The Bertz CT molecular complexity index is 990. The van der Waals surface area contributed by atoms with E-state index >= 15 is 0 Å². The lowest BCUT2D eigenvalue weighted by Crippen LogP contribution is -2.32. The number of aliphatic imine (C=N–C) groups is 1. The lowest BCUT2D eigenvalue weighted by molar-refractivity contribution is 0.242. The quantitative estimate of drug-likeness (QED) is 0.230. The maximum absolute atomic E-state index is 13.4. The summed E-state index contributed by atoms with van der Waals surface area (Å²) in [6.45, 7) is 7.80. The molecule has 0 aliphatic heterocycles. The van der Waals surface area contributed by atoms with Gasteiger partial charge in [0, 0.05) is 18.8 Å². The molecular formula is C23H30FIN6O. The smallest absolute Gasteiger partial charge is 0.196 e. The van der Waals surface area contributed by atoms with E-state index < -0.39 is 0 Å². The topological polar surface area (TPSA) is 76.4 Å². The zero-order valence-electron chi connectivity index (χ0n) is 18.6. The summed E-state index contributed by atoms with van der Waals surface area (Å²) in [5.41, 5.74) is 1.80. The molecule has 0 saturated heterocycles. The van der Waals surface area contributed by atoms with Crippen LogP contribution in [0.25, 0.3) is 0 Å². The summed E-state index contributed by atoms with van der Waals surface area (Å²) in [7, 11) is 0. The Labute approximate surface area is 205 Å². The van der Waals surface area contributed by atoms with E-state index in [2.05, 4.69) is 25.8 Å². The zero-order chi connectivity index (χ0) is 22.1. The van der Waals surface area contributed by atoms with Gasteiger partial charge < -0.3 is 19.9 Å². The van der Waals surface area contributed by atoms with Crippen molar-refractivity contribution in [3.8, 4) is 5.75 Å². The molecule has 0 amide bonds. The van der Waals surface area contributed by atoms with Crippen LogP contribution in [0.1, 0.15) is 32.2 Å². The molecule has 0 aliphatic rings. The summed E-state index contributed by atoms with van der Waals surface area (Å²) < 4.78 is 21.1. The fourth-order valence-electron chi connectivity index (χ4n) is 3.00. The Kier molecular flexibility index (Phi) is 10.4. The van der Waals surface area contributed by atoms with Crippen LogP contribution in [0.5, 0.6) is 5.75 Å². The fourth-order valence-corrected chi connectivity index (χ4v) is 3.00. The highest BCUT2D eigenvalue weighted by molar-refractivity contribution is 14.0. The van der Waals surface area contributed by atoms with E-state index in [-0.39, 0.29) is 35.9 Å². The van der Waals surface area contributed by atoms with Crippen LogP contribution in [0.4, 0.5) is 10.1 Å². The summed E-state index contributed by atoms with van der Waals surface area (Å²) in [4.78, 5) is 4.66. The predicted molar refractivity (Wildman–Crippen MR) is 136 cm³/mol. The van der Waals surface area contributed by atoms with Gasteiger partial charge in [0.05, 0.1) is 6.10 Å². The molecule has 0 aliphatic carbocycles. The Balaban J connectivity index is 0.00000363. The van der Waals surface area contributed by atoms with Crippen molar-refractivity contribution < 1.29 is 9.13 Å². The number of rotatable bonds is 9. The average Bonchev–Trinajstić information content (AvgIpc) is 3.20. The third-order valence-corrected chi connectivity index (χ3v) is 4.50. The number of nitrogens with zero attached hydrogens (tertiary/aromatic N) is 4. The molecule has 0 fully saturated rings. The number of hydrogen-bond donors (Lipinski definition) is 2. The van der Waals surface area contributed by atoms with Crippen molar-refractivity contribution in [3.05, 3.63) is 72.1 Å². The van der Waals surface area contributed by atoms with Crippen molar-refractivity contribution in [3.63, 3.8) is 0 Å². The van der Waals surface area contributed by atoms with Gasteiger partial charge in [-0.25, -0.2) is 9.38 Å². The molecule has 2 aromatic carbocycles. The van der Waals surface area contributed by atoms with Crippen molar-refractivity contribution >= 4 is 35.6 Å². The molecule has 32 heavy (non-hydrogen) atoms. The number of anilines is 1. The summed E-state index contributed by atoms with van der Waals surface area (Å²) in [5.74, 6) is 1.98. The van der Waals surface area contributed by atoms with Gasteiger partial charge in [0.1, 0.15) is 24.4 Å². The van der Waals surface area contributed by atoms with E-state index in [9.17, 15) is 4.39 Å². The Hall–Kier alpha value is -2.69. The van der Waals surface area contributed by atoms with Crippen LogP contribution in [0.3, 0.4) is 0 Å². The van der Waals surface area contributed by atoms with Crippen LogP contribution < -0.4 is 15.4 Å². The summed E-state index contributed by atoms with van der Waals surface area (Å²) >= 11 is 0. The lowest BCUT2D eigenvalue weighted by Gasteiger charge is -2.14. The van der Waals surface area contributed by atoms with Crippen molar-refractivity contribution in [1.29, 1.82) is 0 Å². The van der Waals surface area contributed by atoms with Crippen LogP contribution in [-0.2, 0) is 19.5 Å². The Morgan fingerprint density at radius 3 is 2.66 bits per heavy atom. The summed E-state index contributed by atoms with van der Waals surface area (Å²) in [6, 6.07) is 14.3. The molecule has 0 atom stereocenters. The Morgan fingerprint density at radius 1 is 1.19 bits per heavy atom. The highest BCUT2D eigenvalue weighted by atomic mass is 127. The van der Waals surface area contributed by atoms with Crippen molar-refractivity contribution in [2.45, 2.75) is 46.4 Å². The van der Waals surface area contributed by atoms with E-state index in [1.54, 1.807) is 18.5 Å². The number of guanidine groups is 1. The van der Waals surface area contributed by atoms with Crippen LogP contribution in [-0.4, -0.2) is 33.4 Å². The molecule has 0 spiro atoms. The molecule has 0 radical (unpaired) electrons. The minimum atomic E-state index is -0.230. The number of ether oxygens (including phenoxy) is 1. The molecule has 9 heteroatoms. The number of aromatic nitrogens is 3. The van der Waals surface area contributed by atoms with Gasteiger partial charge in [-0.2, -0.15) is 0 Å². The standard InChI is InChI=1S/C23H29FN6O.HI/c1-4-30-16-27-29-22(30)15-26-23(25-13-12-18-6-5-7-19(24)14-18)28-20-8-10-21(11-9-20)31-17(2)3;/h5-11,14,16-17H,4,12-13,15H2,1-3H3,(H2,25,26,28);1H. The number of halogens is 2. The monoisotopic (exact) mass is 552 g/mol. The third kappa shape index (κ3) is 8.10. The van der Waals surface area contributed by atoms with Crippen molar-refractivity contribution in [2.24, 2.45) is 4.99 Å². The summed E-state index contributed by atoms with van der Waals surface area (Å²) in [5, 5.41) is 14.7. The number of aryl methyl sites for hydroxylation is 1.